The average Bonchev–Trinajstić information content (AvgIpc) is 2.66. The number of nitrogens with zero attached hydrogens (tertiary/aromatic N) is 2. The van der Waals surface area contributed by atoms with Crippen LogP contribution < -0.4 is 11.1 Å². The summed E-state index contributed by atoms with van der Waals surface area (Å²) in [4.78, 5) is 0. The summed E-state index contributed by atoms with van der Waals surface area (Å²) in [6.07, 6.45) is 1.55. The number of anilines is 2. The number of hydrogen-bond acceptors (Lipinski definition) is 3. The van der Waals surface area contributed by atoms with Crippen LogP contribution in [0.4, 0.5) is 15.9 Å². The lowest BCUT2D eigenvalue weighted by atomic mass is 10.1. The minimum atomic E-state index is -0.203. The van der Waals surface area contributed by atoms with Crippen LogP contribution >= 0.6 is 0 Å². The first-order valence-corrected chi connectivity index (χ1v) is 6.41. The van der Waals surface area contributed by atoms with Gasteiger partial charge in [-0.1, -0.05) is 19.1 Å². The van der Waals surface area contributed by atoms with Crippen LogP contribution in [0.2, 0.25) is 0 Å². The number of hydrogen-bond donors (Lipinski definition) is 2. The molecule has 2 rings (SSSR count). The normalized spacial score (nSPS) is 10.7. The zero-order valence-electron chi connectivity index (χ0n) is 11.3. The van der Waals surface area contributed by atoms with Gasteiger partial charge < -0.3 is 11.1 Å². The van der Waals surface area contributed by atoms with E-state index >= 15 is 0 Å². The van der Waals surface area contributed by atoms with Crippen molar-refractivity contribution in [2.24, 2.45) is 7.05 Å². The monoisotopic (exact) mass is 262 g/mol. The first-order chi connectivity index (χ1) is 9.11. The molecule has 2 aromatic rings. The van der Waals surface area contributed by atoms with E-state index in [1.165, 1.54) is 6.07 Å². The molecule has 0 unspecified atom stereocenters. The predicted octanol–water partition coefficient (Wildman–Crippen LogP) is 2.36. The number of aryl methyl sites for hydroxylation is 2. The maximum atomic E-state index is 13.0. The van der Waals surface area contributed by atoms with Crippen LogP contribution in [-0.4, -0.2) is 16.3 Å². The van der Waals surface area contributed by atoms with Crippen LogP contribution in [-0.2, 0) is 19.9 Å². The number of nitrogen functional groups attached to an aromatic ring is 1. The van der Waals surface area contributed by atoms with Gasteiger partial charge in [0.2, 0.25) is 0 Å². The van der Waals surface area contributed by atoms with Gasteiger partial charge in [0.15, 0.2) is 0 Å². The van der Waals surface area contributed by atoms with Crippen molar-refractivity contribution < 1.29 is 4.39 Å². The lowest BCUT2D eigenvalue weighted by Crippen LogP contribution is -2.10. The average molecular weight is 262 g/mol. The van der Waals surface area contributed by atoms with Crippen LogP contribution in [0.5, 0.6) is 0 Å². The molecule has 0 aliphatic rings. The van der Waals surface area contributed by atoms with Gasteiger partial charge in [0.05, 0.1) is 11.4 Å². The summed E-state index contributed by atoms with van der Waals surface area (Å²) >= 11 is 0. The molecule has 0 saturated carbocycles. The Morgan fingerprint density at radius 1 is 1.42 bits per heavy atom. The van der Waals surface area contributed by atoms with E-state index < -0.39 is 0 Å². The Bertz CT molecular complexity index is 563. The van der Waals surface area contributed by atoms with Crippen molar-refractivity contribution in [2.45, 2.75) is 19.8 Å². The highest BCUT2D eigenvalue weighted by Gasteiger charge is 2.10. The van der Waals surface area contributed by atoms with Gasteiger partial charge in [-0.15, -0.1) is 0 Å². The second-order valence-electron chi connectivity index (χ2n) is 4.49. The molecule has 0 radical (unpaired) electrons. The molecule has 0 bridgehead atoms. The molecule has 1 aromatic heterocycles. The van der Waals surface area contributed by atoms with Crippen LogP contribution in [0, 0.1) is 5.82 Å². The molecule has 3 N–H and O–H groups in total. The lowest BCUT2D eigenvalue weighted by Gasteiger charge is -2.07. The van der Waals surface area contributed by atoms with Crippen LogP contribution in [0.1, 0.15) is 18.2 Å². The number of nitrogens with one attached hydrogen (secondary N) is 1. The predicted molar refractivity (Wildman–Crippen MR) is 75.6 cm³/mol. The third-order valence-corrected chi connectivity index (χ3v) is 3.09. The van der Waals surface area contributed by atoms with Gasteiger partial charge in [0.1, 0.15) is 11.6 Å². The molecule has 1 heterocycles. The third kappa shape index (κ3) is 3.05. The molecule has 0 spiro atoms. The van der Waals surface area contributed by atoms with Crippen LogP contribution in [0.3, 0.4) is 0 Å². The first kappa shape index (κ1) is 13.4. The molecule has 1 aromatic carbocycles. The summed E-state index contributed by atoms with van der Waals surface area (Å²) < 4.78 is 14.8. The summed E-state index contributed by atoms with van der Waals surface area (Å²) in [6.45, 7) is 2.71. The third-order valence-electron chi connectivity index (χ3n) is 3.09. The molecular formula is C14H19FN4. The van der Waals surface area contributed by atoms with Crippen molar-refractivity contribution in [3.63, 3.8) is 0 Å². The highest BCUT2D eigenvalue weighted by Crippen LogP contribution is 2.22. The van der Waals surface area contributed by atoms with E-state index in [9.17, 15) is 4.39 Å². The smallest absolute Gasteiger partial charge is 0.147 e. The summed E-state index contributed by atoms with van der Waals surface area (Å²) in [7, 11) is 1.86. The largest absolute Gasteiger partial charge is 0.394 e. The molecular weight excluding hydrogens is 243 g/mol. The minimum Gasteiger partial charge on any atom is -0.394 e. The highest BCUT2D eigenvalue weighted by atomic mass is 19.1. The fourth-order valence-electron chi connectivity index (χ4n) is 2.08. The van der Waals surface area contributed by atoms with Crippen molar-refractivity contribution >= 4 is 11.5 Å². The van der Waals surface area contributed by atoms with E-state index in [1.54, 1.807) is 16.8 Å². The molecule has 4 nitrogen and oxygen atoms in total. The van der Waals surface area contributed by atoms with E-state index in [4.69, 9.17) is 5.73 Å². The summed E-state index contributed by atoms with van der Waals surface area (Å²) in [5.41, 5.74) is 8.57. The van der Waals surface area contributed by atoms with E-state index in [2.05, 4.69) is 10.4 Å². The summed E-state index contributed by atoms with van der Waals surface area (Å²) in [5.74, 6) is 0.624. The van der Waals surface area contributed by atoms with Crippen molar-refractivity contribution in [1.29, 1.82) is 0 Å². The van der Waals surface area contributed by atoms with Gasteiger partial charge in [-0.05, 0) is 30.5 Å². The van der Waals surface area contributed by atoms with E-state index in [0.717, 1.165) is 29.9 Å². The molecule has 5 heteroatoms. The highest BCUT2D eigenvalue weighted by molar-refractivity contribution is 5.65. The van der Waals surface area contributed by atoms with Crippen molar-refractivity contribution in [3.05, 3.63) is 41.3 Å². The van der Waals surface area contributed by atoms with Crippen LogP contribution in [0.25, 0.3) is 0 Å². The second-order valence-corrected chi connectivity index (χ2v) is 4.49. The quantitative estimate of drug-likeness (QED) is 0.869. The van der Waals surface area contributed by atoms with Gasteiger partial charge in [0.25, 0.3) is 0 Å². The molecule has 0 fully saturated rings. The Labute approximate surface area is 112 Å². The number of rotatable bonds is 5. The first-order valence-electron chi connectivity index (χ1n) is 6.41. The molecule has 0 aliphatic heterocycles. The topological polar surface area (TPSA) is 55.9 Å². The molecule has 0 aliphatic carbocycles. The van der Waals surface area contributed by atoms with Crippen molar-refractivity contribution in [2.75, 3.05) is 17.6 Å². The molecule has 0 atom stereocenters. The SMILES string of the molecule is CCc1nn(C)c(NCCc2cccc(F)c2)c1N. The molecule has 102 valence electrons. The zero-order valence-corrected chi connectivity index (χ0v) is 11.3. The number of benzene rings is 1. The second kappa shape index (κ2) is 5.73. The Kier molecular flexibility index (Phi) is 4.04. The maximum Gasteiger partial charge on any atom is 0.147 e. The molecule has 19 heavy (non-hydrogen) atoms. The summed E-state index contributed by atoms with van der Waals surface area (Å²) in [6, 6.07) is 6.63. The van der Waals surface area contributed by atoms with Gasteiger partial charge >= 0.3 is 0 Å². The summed E-state index contributed by atoms with van der Waals surface area (Å²) in [5, 5.41) is 7.59. The van der Waals surface area contributed by atoms with Gasteiger partial charge in [-0.3, -0.25) is 4.68 Å². The number of halogens is 1. The zero-order chi connectivity index (χ0) is 13.8. The van der Waals surface area contributed by atoms with Gasteiger partial charge in [-0.25, -0.2) is 4.39 Å². The fourth-order valence-corrected chi connectivity index (χ4v) is 2.08. The minimum absolute atomic E-state index is 0.203. The van der Waals surface area contributed by atoms with Crippen molar-refractivity contribution in [3.8, 4) is 0 Å². The Morgan fingerprint density at radius 2 is 2.21 bits per heavy atom. The van der Waals surface area contributed by atoms with E-state index in [0.29, 0.717) is 12.2 Å². The Balaban J connectivity index is 1.98. The standard InChI is InChI=1S/C14H19FN4/c1-3-12-13(16)14(19(2)18-12)17-8-7-10-5-4-6-11(15)9-10/h4-6,9,17H,3,7-8,16H2,1-2H3. The Morgan fingerprint density at radius 3 is 2.84 bits per heavy atom. The van der Waals surface area contributed by atoms with Crippen LogP contribution in [0.15, 0.2) is 24.3 Å². The van der Waals surface area contributed by atoms with E-state index in [1.807, 2.05) is 20.0 Å². The Hall–Kier alpha value is -2.04. The number of aromatic nitrogens is 2. The molecule has 0 saturated heterocycles. The lowest BCUT2D eigenvalue weighted by molar-refractivity contribution is 0.625. The number of nitrogens with two attached hydrogens (primary N) is 1. The van der Waals surface area contributed by atoms with Crippen molar-refractivity contribution in [1.82, 2.24) is 9.78 Å². The van der Waals surface area contributed by atoms with E-state index in [-0.39, 0.29) is 5.82 Å². The van der Waals surface area contributed by atoms with Gasteiger partial charge in [-0.2, -0.15) is 5.10 Å². The maximum absolute atomic E-state index is 13.0. The fraction of sp³-hybridized carbons (Fsp3) is 0.357. The molecule has 0 amide bonds. The van der Waals surface area contributed by atoms with Gasteiger partial charge in [0, 0.05) is 13.6 Å².